The fourth-order valence-corrected chi connectivity index (χ4v) is 2.20. The molecule has 1 aromatic heterocycles. The Morgan fingerprint density at radius 3 is 3.10 bits per heavy atom. The van der Waals surface area contributed by atoms with Gasteiger partial charge in [-0.05, 0) is 24.6 Å². The molecule has 0 saturated heterocycles. The molecule has 0 spiro atoms. The van der Waals surface area contributed by atoms with E-state index in [0.717, 1.165) is 17.6 Å². The SMILES string of the molecule is Cc1cccc(OCCc2nnc(SCCC=O)o2)c1. The molecule has 0 amide bonds. The van der Waals surface area contributed by atoms with Gasteiger partial charge in [-0.2, -0.15) is 0 Å². The number of ether oxygens (including phenoxy) is 1. The first-order valence-corrected chi connectivity index (χ1v) is 7.35. The van der Waals surface area contributed by atoms with Crippen LogP contribution in [0.4, 0.5) is 0 Å². The van der Waals surface area contributed by atoms with E-state index in [1.807, 2.05) is 31.2 Å². The van der Waals surface area contributed by atoms with E-state index >= 15 is 0 Å². The van der Waals surface area contributed by atoms with Gasteiger partial charge in [0.1, 0.15) is 12.0 Å². The summed E-state index contributed by atoms with van der Waals surface area (Å²) in [7, 11) is 0. The second-order valence-electron chi connectivity index (χ2n) is 4.18. The Balaban J connectivity index is 1.75. The number of hydrogen-bond donors (Lipinski definition) is 0. The lowest BCUT2D eigenvalue weighted by atomic mass is 10.2. The summed E-state index contributed by atoms with van der Waals surface area (Å²) in [6.45, 7) is 2.51. The molecule has 0 radical (unpaired) electrons. The first kappa shape index (κ1) is 14.6. The minimum atomic E-state index is 0.485. The normalized spacial score (nSPS) is 10.4. The van der Waals surface area contributed by atoms with Crippen molar-refractivity contribution in [3.63, 3.8) is 0 Å². The van der Waals surface area contributed by atoms with Crippen LogP contribution in [0.25, 0.3) is 0 Å². The van der Waals surface area contributed by atoms with Gasteiger partial charge in [-0.15, -0.1) is 10.2 Å². The molecule has 2 aromatic rings. The summed E-state index contributed by atoms with van der Waals surface area (Å²) in [6.07, 6.45) is 1.92. The quantitative estimate of drug-likeness (QED) is 0.423. The van der Waals surface area contributed by atoms with Gasteiger partial charge in [0.05, 0.1) is 13.0 Å². The van der Waals surface area contributed by atoms with Crippen molar-refractivity contribution in [2.45, 2.75) is 25.0 Å². The Labute approximate surface area is 121 Å². The van der Waals surface area contributed by atoms with Crippen molar-refractivity contribution in [1.82, 2.24) is 10.2 Å². The molecule has 6 heteroatoms. The van der Waals surface area contributed by atoms with Crippen LogP contribution < -0.4 is 4.74 Å². The number of aromatic nitrogens is 2. The second-order valence-corrected chi connectivity index (χ2v) is 5.23. The number of nitrogens with zero attached hydrogens (tertiary/aromatic N) is 2. The highest BCUT2D eigenvalue weighted by atomic mass is 32.2. The molecule has 0 fully saturated rings. The summed E-state index contributed by atoms with van der Waals surface area (Å²) in [6, 6.07) is 7.88. The molecule has 0 atom stereocenters. The highest BCUT2D eigenvalue weighted by Crippen LogP contribution is 2.17. The van der Waals surface area contributed by atoms with Gasteiger partial charge in [-0.25, -0.2) is 0 Å². The lowest BCUT2D eigenvalue weighted by Crippen LogP contribution is -2.01. The highest BCUT2D eigenvalue weighted by molar-refractivity contribution is 7.99. The van der Waals surface area contributed by atoms with E-state index < -0.39 is 0 Å². The van der Waals surface area contributed by atoms with Crippen LogP contribution in [0.15, 0.2) is 33.9 Å². The van der Waals surface area contributed by atoms with Crippen molar-refractivity contribution in [2.75, 3.05) is 12.4 Å². The molecule has 2 rings (SSSR count). The molecule has 0 N–H and O–H groups in total. The molecule has 5 nitrogen and oxygen atoms in total. The number of aldehydes is 1. The number of carbonyl (C=O) groups is 1. The van der Waals surface area contributed by atoms with E-state index in [1.54, 1.807) is 0 Å². The van der Waals surface area contributed by atoms with E-state index in [1.165, 1.54) is 11.8 Å². The fourth-order valence-electron chi connectivity index (χ4n) is 1.55. The summed E-state index contributed by atoms with van der Waals surface area (Å²) >= 11 is 1.39. The maximum atomic E-state index is 10.2. The largest absolute Gasteiger partial charge is 0.493 e. The Hall–Kier alpha value is -1.82. The van der Waals surface area contributed by atoms with Gasteiger partial charge in [0.15, 0.2) is 0 Å². The molecule has 1 aromatic carbocycles. The maximum absolute atomic E-state index is 10.2. The molecule has 106 valence electrons. The molecule has 0 aliphatic carbocycles. The van der Waals surface area contributed by atoms with Crippen molar-refractivity contribution in [2.24, 2.45) is 0 Å². The van der Waals surface area contributed by atoms with Crippen LogP contribution in [0.2, 0.25) is 0 Å². The zero-order valence-electron chi connectivity index (χ0n) is 11.2. The molecule has 1 heterocycles. The van der Waals surface area contributed by atoms with Gasteiger partial charge >= 0.3 is 0 Å². The van der Waals surface area contributed by atoms with Crippen molar-refractivity contribution in [3.05, 3.63) is 35.7 Å². The number of benzene rings is 1. The van der Waals surface area contributed by atoms with Crippen LogP contribution in [-0.4, -0.2) is 28.8 Å². The summed E-state index contributed by atoms with van der Waals surface area (Å²) in [4.78, 5) is 10.2. The summed E-state index contributed by atoms with van der Waals surface area (Å²) in [5, 5.41) is 8.34. The predicted octanol–water partition coefficient (Wildman–Crippen LogP) is 2.68. The van der Waals surface area contributed by atoms with Crippen LogP contribution >= 0.6 is 11.8 Å². The van der Waals surface area contributed by atoms with Gasteiger partial charge < -0.3 is 13.9 Å². The first-order valence-electron chi connectivity index (χ1n) is 6.36. The number of rotatable bonds is 8. The van der Waals surface area contributed by atoms with E-state index in [0.29, 0.717) is 36.3 Å². The van der Waals surface area contributed by atoms with Crippen LogP contribution in [0, 0.1) is 6.92 Å². The maximum Gasteiger partial charge on any atom is 0.276 e. The summed E-state index contributed by atoms with van der Waals surface area (Å²) in [5.41, 5.74) is 1.16. The van der Waals surface area contributed by atoms with Crippen molar-refractivity contribution in [3.8, 4) is 5.75 Å². The molecule has 20 heavy (non-hydrogen) atoms. The molecule has 0 aliphatic heterocycles. The number of aryl methyl sites for hydroxylation is 1. The third-order valence-electron chi connectivity index (χ3n) is 2.48. The zero-order valence-corrected chi connectivity index (χ0v) is 12.1. The topological polar surface area (TPSA) is 65.2 Å². The zero-order chi connectivity index (χ0) is 14.2. The van der Waals surface area contributed by atoms with Gasteiger partial charge in [0, 0.05) is 12.2 Å². The highest BCUT2D eigenvalue weighted by Gasteiger charge is 2.06. The molecule has 0 aliphatic rings. The van der Waals surface area contributed by atoms with Crippen LogP contribution in [0.3, 0.4) is 0 Å². The third-order valence-corrected chi connectivity index (χ3v) is 3.34. The monoisotopic (exact) mass is 292 g/mol. The van der Waals surface area contributed by atoms with Crippen molar-refractivity contribution in [1.29, 1.82) is 0 Å². The van der Waals surface area contributed by atoms with Crippen LogP contribution in [-0.2, 0) is 11.2 Å². The van der Waals surface area contributed by atoms with E-state index in [9.17, 15) is 4.79 Å². The number of carbonyl (C=O) groups excluding carboxylic acids is 1. The minimum Gasteiger partial charge on any atom is -0.493 e. The van der Waals surface area contributed by atoms with Gasteiger partial charge in [-0.1, -0.05) is 23.9 Å². The number of thioether (sulfide) groups is 1. The van der Waals surface area contributed by atoms with Crippen LogP contribution in [0.5, 0.6) is 5.75 Å². The average molecular weight is 292 g/mol. The van der Waals surface area contributed by atoms with Gasteiger partial charge in [-0.3, -0.25) is 0 Å². The Bertz CT molecular complexity index is 557. The van der Waals surface area contributed by atoms with Gasteiger partial charge in [0.2, 0.25) is 5.89 Å². The van der Waals surface area contributed by atoms with E-state index in [2.05, 4.69) is 10.2 Å². The van der Waals surface area contributed by atoms with E-state index in [4.69, 9.17) is 9.15 Å². The third kappa shape index (κ3) is 4.70. The average Bonchev–Trinajstić information content (AvgIpc) is 2.87. The van der Waals surface area contributed by atoms with Crippen LogP contribution in [0.1, 0.15) is 17.9 Å². The van der Waals surface area contributed by atoms with Gasteiger partial charge in [0.25, 0.3) is 5.22 Å². The lowest BCUT2D eigenvalue weighted by Gasteiger charge is -2.04. The number of hydrogen-bond acceptors (Lipinski definition) is 6. The lowest BCUT2D eigenvalue weighted by molar-refractivity contribution is -0.107. The molecule has 0 unspecified atom stereocenters. The minimum absolute atomic E-state index is 0.485. The van der Waals surface area contributed by atoms with Crippen molar-refractivity contribution >= 4 is 18.0 Å². The van der Waals surface area contributed by atoms with E-state index in [-0.39, 0.29) is 0 Å². The second kappa shape index (κ2) is 7.69. The smallest absolute Gasteiger partial charge is 0.276 e. The Morgan fingerprint density at radius 1 is 1.40 bits per heavy atom. The summed E-state index contributed by atoms with van der Waals surface area (Å²) < 4.78 is 11.1. The molecular weight excluding hydrogens is 276 g/mol. The Kier molecular flexibility index (Phi) is 5.61. The first-order chi connectivity index (χ1) is 9.78. The molecular formula is C14H16N2O3S. The predicted molar refractivity (Wildman–Crippen MR) is 76.1 cm³/mol. The fraction of sp³-hybridized carbons (Fsp3) is 0.357. The Morgan fingerprint density at radius 2 is 2.30 bits per heavy atom. The molecule has 0 saturated carbocycles. The summed E-state index contributed by atoms with van der Waals surface area (Å²) in [5.74, 6) is 2.04. The van der Waals surface area contributed by atoms with Crippen molar-refractivity contribution < 1.29 is 13.9 Å². The molecule has 0 bridgehead atoms. The standard InChI is InChI=1S/C14H16N2O3S/c1-11-4-2-5-12(10-11)18-8-6-13-15-16-14(19-13)20-9-3-7-17/h2,4-5,7,10H,3,6,8-9H2,1H3.